The van der Waals surface area contributed by atoms with Gasteiger partial charge in [-0.05, 0) is 68.6 Å². The van der Waals surface area contributed by atoms with Gasteiger partial charge in [0.2, 0.25) is 11.9 Å². The number of nitrogens with one attached hydrogen (secondary N) is 2. The summed E-state index contributed by atoms with van der Waals surface area (Å²) in [5.41, 5.74) is 3.86. The zero-order valence-corrected chi connectivity index (χ0v) is 21.2. The molecule has 0 radical (unpaired) electrons. The zero-order valence-electron chi connectivity index (χ0n) is 21.2. The Morgan fingerprint density at radius 3 is 2.39 bits per heavy atom. The van der Waals surface area contributed by atoms with Crippen LogP contribution >= 0.6 is 0 Å². The van der Waals surface area contributed by atoms with Gasteiger partial charge in [0.1, 0.15) is 5.82 Å². The largest absolute Gasteiger partial charge is 0.353 e. The standard InChI is InChI=1S/C28H35N7O/c1-34(28-29-14-13-25(31-28)35(2)26-17-24(32-33-26)18-7-8-18)23-11-9-22(10-12-23)30-27(36)21-15-19-5-3-4-6-20(19)16-21/h3-6,13-14,17-18,21-23H,7-12,15-16H2,1-2H3,(H,30,36)(H,32,33). The van der Waals surface area contributed by atoms with Crippen molar-refractivity contribution in [1.82, 2.24) is 25.5 Å². The van der Waals surface area contributed by atoms with E-state index in [1.807, 2.05) is 24.2 Å². The van der Waals surface area contributed by atoms with Gasteiger partial charge in [0, 0.05) is 56.0 Å². The molecule has 3 aromatic rings. The normalized spacial score (nSPS) is 21.7. The fourth-order valence-corrected chi connectivity index (χ4v) is 5.75. The second kappa shape index (κ2) is 9.56. The summed E-state index contributed by atoms with van der Waals surface area (Å²) in [6.45, 7) is 0. The number of fused-ring (bicyclic) bond motifs is 1. The molecule has 2 heterocycles. The summed E-state index contributed by atoms with van der Waals surface area (Å²) in [5, 5.41) is 11.0. The minimum absolute atomic E-state index is 0.0748. The third-order valence-electron chi connectivity index (χ3n) is 8.24. The SMILES string of the molecule is CN(c1cc(C2CC2)[nH]n1)c1ccnc(N(C)C2CCC(NC(=O)C3Cc4ccccc4C3)CC2)n1. The summed E-state index contributed by atoms with van der Waals surface area (Å²) in [5.74, 6) is 3.37. The van der Waals surface area contributed by atoms with Gasteiger partial charge in [-0.2, -0.15) is 10.1 Å². The van der Waals surface area contributed by atoms with E-state index in [2.05, 4.69) is 62.8 Å². The Morgan fingerprint density at radius 2 is 1.69 bits per heavy atom. The van der Waals surface area contributed by atoms with Gasteiger partial charge >= 0.3 is 0 Å². The number of carbonyl (C=O) groups is 1. The average molecular weight is 486 g/mol. The molecule has 2 fully saturated rings. The molecular weight excluding hydrogens is 450 g/mol. The number of hydrogen-bond acceptors (Lipinski definition) is 6. The van der Waals surface area contributed by atoms with Gasteiger partial charge < -0.3 is 15.1 Å². The minimum Gasteiger partial charge on any atom is -0.353 e. The second-order valence-corrected chi connectivity index (χ2v) is 10.7. The molecule has 2 saturated carbocycles. The van der Waals surface area contributed by atoms with Crippen LogP contribution in [0.25, 0.3) is 0 Å². The molecule has 1 aromatic carbocycles. The summed E-state index contributed by atoms with van der Waals surface area (Å²) in [7, 11) is 4.08. The summed E-state index contributed by atoms with van der Waals surface area (Å²) in [6.07, 6.45) is 10.0. The molecule has 0 spiro atoms. The van der Waals surface area contributed by atoms with E-state index in [9.17, 15) is 4.79 Å². The molecule has 1 amide bonds. The molecule has 3 aliphatic rings. The predicted molar refractivity (Wildman–Crippen MR) is 141 cm³/mol. The van der Waals surface area contributed by atoms with E-state index in [1.54, 1.807) is 0 Å². The molecule has 188 valence electrons. The molecule has 8 heteroatoms. The third-order valence-corrected chi connectivity index (χ3v) is 8.24. The van der Waals surface area contributed by atoms with Crippen molar-refractivity contribution in [1.29, 1.82) is 0 Å². The van der Waals surface area contributed by atoms with Crippen LogP contribution < -0.4 is 15.1 Å². The van der Waals surface area contributed by atoms with Gasteiger partial charge in [-0.15, -0.1) is 0 Å². The molecule has 2 aromatic heterocycles. The van der Waals surface area contributed by atoms with E-state index < -0.39 is 0 Å². The fourth-order valence-electron chi connectivity index (χ4n) is 5.75. The van der Waals surface area contributed by atoms with Crippen LogP contribution in [0.15, 0.2) is 42.6 Å². The Balaban J connectivity index is 1.03. The van der Waals surface area contributed by atoms with E-state index in [0.29, 0.717) is 12.0 Å². The zero-order chi connectivity index (χ0) is 24.6. The maximum absolute atomic E-state index is 12.9. The van der Waals surface area contributed by atoms with Crippen LogP contribution in [0, 0.1) is 5.92 Å². The van der Waals surface area contributed by atoms with Gasteiger partial charge in [0.25, 0.3) is 0 Å². The smallest absolute Gasteiger partial charge is 0.227 e. The highest BCUT2D eigenvalue weighted by Gasteiger charge is 2.31. The molecule has 2 N–H and O–H groups in total. The molecule has 6 rings (SSSR count). The molecular formula is C28H35N7O. The van der Waals surface area contributed by atoms with Gasteiger partial charge in [-0.25, -0.2) is 4.98 Å². The molecule has 0 unspecified atom stereocenters. The lowest BCUT2D eigenvalue weighted by Crippen LogP contribution is -2.45. The number of carbonyl (C=O) groups excluding carboxylic acids is 1. The van der Waals surface area contributed by atoms with Gasteiger partial charge in [-0.1, -0.05) is 24.3 Å². The summed E-state index contributed by atoms with van der Waals surface area (Å²) in [4.78, 5) is 26.5. The maximum atomic E-state index is 12.9. The topological polar surface area (TPSA) is 90.0 Å². The number of nitrogens with zero attached hydrogens (tertiary/aromatic N) is 5. The fraction of sp³-hybridized carbons (Fsp3) is 0.500. The maximum Gasteiger partial charge on any atom is 0.227 e. The van der Waals surface area contributed by atoms with Crippen molar-refractivity contribution in [2.75, 3.05) is 23.9 Å². The van der Waals surface area contributed by atoms with Crippen LogP contribution in [-0.2, 0) is 17.6 Å². The first-order chi connectivity index (χ1) is 17.5. The molecule has 0 aliphatic heterocycles. The summed E-state index contributed by atoms with van der Waals surface area (Å²) < 4.78 is 0. The summed E-state index contributed by atoms with van der Waals surface area (Å²) >= 11 is 0. The third kappa shape index (κ3) is 4.68. The molecule has 0 atom stereocenters. The number of hydrogen-bond donors (Lipinski definition) is 2. The molecule has 0 saturated heterocycles. The van der Waals surface area contributed by atoms with E-state index in [1.165, 1.54) is 29.7 Å². The average Bonchev–Trinajstić information content (AvgIpc) is 3.47. The van der Waals surface area contributed by atoms with Crippen molar-refractivity contribution >= 4 is 23.5 Å². The van der Waals surface area contributed by atoms with Gasteiger partial charge in [0.05, 0.1) is 0 Å². The number of aromatic nitrogens is 4. The molecule has 0 bridgehead atoms. The van der Waals surface area contributed by atoms with Crippen molar-refractivity contribution in [2.24, 2.45) is 5.92 Å². The highest BCUT2D eigenvalue weighted by atomic mass is 16.1. The van der Waals surface area contributed by atoms with E-state index in [0.717, 1.165) is 56.1 Å². The van der Waals surface area contributed by atoms with Crippen LogP contribution in [0.1, 0.15) is 61.3 Å². The highest BCUT2D eigenvalue weighted by molar-refractivity contribution is 5.80. The number of benzene rings is 1. The van der Waals surface area contributed by atoms with E-state index >= 15 is 0 Å². The highest BCUT2D eigenvalue weighted by Crippen LogP contribution is 2.40. The predicted octanol–water partition coefficient (Wildman–Crippen LogP) is 4.12. The first-order valence-electron chi connectivity index (χ1n) is 13.3. The minimum atomic E-state index is 0.0748. The summed E-state index contributed by atoms with van der Waals surface area (Å²) in [6, 6.07) is 13.1. The number of H-pyrrole nitrogens is 1. The Kier molecular flexibility index (Phi) is 6.11. The monoisotopic (exact) mass is 485 g/mol. The lowest BCUT2D eigenvalue weighted by atomic mass is 9.90. The van der Waals surface area contributed by atoms with Crippen LogP contribution in [0.2, 0.25) is 0 Å². The van der Waals surface area contributed by atoms with Crippen LogP contribution in [0.4, 0.5) is 17.6 Å². The first kappa shape index (κ1) is 23.0. The number of amides is 1. The van der Waals surface area contributed by atoms with E-state index in [4.69, 9.17) is 4.98 Å². The second-order valence-electron chi connectivity index (χ2n) is 10.7. The molecule has 8 nitrogen and oxygen atoms in total. The van der Waals surface area contributed by atoms with Crippen molar-refractivity contribution in [3.63, 3.8) is 0 Å². The Hall–Kier alpha value is -3.42. The lowest BCUT2D eigenvalue weighted by molar-refractivity contribution is -0.125. The number of rotatable bonds is 7. The Bertz CT molecular complexity index is 1200. The molecule has 36 heavy (non-hydrogen) atoms. The van der Waals surface area contributed by atoms with Crippen molar-refractivity contribution in [3.05, 3.63) is 59.4 Å². The molecule has 3 aliphatic carbocycles. The lowest BCUT2D eigenvalue weighted by Gasteiger charge is -2.35. The first-order valence-corrected chi connectivity index (χ1v) is 13.3. The van der Waals surface area contributed by atoms with Crippen molar-refractivity contribution in [3.8, 4) is 0 Å². The van der Waals surface area contributed by atoms with Crippen LogP contribution in [-0.4, -0.2) is 52.3 Å². The number of aromatic amines is 1. The Labute approximate surface area is 212 Å². The van der Waals surface area contributed by atoms with E-state index in [-0.39, 0.29) is 17.9 Å². The van der Waals surface area contributed by atoms with Gasteiger partial charge in [0.15, 0.2) is 5.82 Å². The van der Waals surface area contributed by atoms with Crippen molar-refractivity contribution < 1.29 is 4.79 Å². The van der Waals surface area contributed by atoms with Crippen LogP contribution in [0.5, 0.6) is 0 Å². The Morgan fingerprint density at radius 1 is 0.972 bits per heavy atom. The van der Waals surface area contributed by atoms with Crippen molar-refractivity contribution in [2.45, 2.75) is 69.4 Å². The van der Waals surface area contributed by atoms with Gasteiger partial charge in [-0.3, -0.25) is 9.89 Å². The van der Waals surface area contributed by atoms with Crippen LogP contribution in [0.3, 0.4) is 0 Å². The number of anilines is 3. The quantitative estimate of drug-likeness (QED) is 0.523.